The maximum absolute atomic E-state index is 13.2. The second-order valence-corrected chi connectivity index (χ2v) is 7.57. The molecule has 1 aromatic heterocycles. The smallest absolute Gasteiger partial charge is 0.254 e. The van der Waals surface area contributed by atoms with Crippen LogP contribution < -0.4 is 0 Å². The van der Waals surface area contributed by atoms with E-state index in [-0.39, 0.29) is 11.9 Å². The summed E-state index contributed by atoms with van der Waals surface area (Å²) >= 11 is 0. The Balaban J connectivity index is 1.66. The zero-order chi connectivity index (χ0) is 17.9. The van der Waals surface area contributed by atoms with E-state index in [0.717, 1.165) is 31.5 Å². The van der Waals surface area contributed by atoms with Gasteiger partial charge in [0.1, 0.15) is 0 Å². The fourth-order valence-corrected chi connectivity index (χ4v) is 4.84. The normalized spacial score (nSPS) is 26.8. The van der Waals surface area contributed by atoms with E-state index in [1.807, 2.05) is 12.1 Å². The summed E-state index contributed by atoms with van der Waals surface area (Å²) in [5.41, 5.74) is 2.16. The Kier molecular flexibility index (Phi) is 5.02. The summed E-state index contributed by atoms with van der Waals surface area (Å²) in [7, 11) is 2.24. The van der Waals surface area contributed by atoms with Gasteiger partial charge in [-0.3, -0.25) is 9.78 Å². The molecule has 4 nitrogen and oxygen atoms in total. The second kappa shape index (κ2) is 7.58. The van der Waals surface area contributed by atoms with Crippen molar-refractivity contribution in [1.29, 1.82) is 0 Å². The molecule has 3 heterocycles. The first kappa shape index (κ1) is 17.2. The fraction of sp³-hybridized carbons (Fsp3) is 0.455. The van der Waals surface area contributed by atoms with Crippen molar-refractivity contribution in [3.63, 3.8) is 0 Å². The van der Waals surface area contributed by atoms with Crippen LogP contribution in [0.25, 0.3) is 0 Å². The Hall–Kier alpha value is -2.20. The van der Waals surface area contributed by atoms with Crippen molar-refractivity contribution in [1.82, 2.24) is 14.8 Å². The third kappa shape index (κ3) is 3.26. The SMILES string of the molecule is CN1CCCC[C@@H]2[C@H]1[C@@H](c1ccccc1)CCN2C(=O)c1ccncc1. The molecule has 3 atom stereocenters. The molecule has 2 fully saturated rings. The van der Waals surface area contributed by atoms with Crippen molar-refractivity contribution in [2.24, 2.45) is 0 Å². The van der Waals surface area contributed by atoms with E-state index in [0.29, 0.717) is 12.0 Å². The molecule has 4 rings (SSSR count). The molecule has 0 aliphatic carbocycles. The molecule has 0 bridgehead atoms. The Morgan fingerprint density at radius 3 is 2.54 bits per heavy atom. The van der Waals surface area contributed by atoms with Crippen LogP contribution in [0, 0.1) is 0 Å². The van der Waals surface area contributed by atoms with Crippen LogP contribution in [0.1, 0.15) is 47.5 Å². The van der Waals surface area contributed by atoms with E-state index in [1.54, 1.807) is 12.4 Å². The third-order valence-corrected chi connectivity index (χ3v) is 6.07. The molecule has 1 aromatic carbocycles. The van der Waals surface area contributed by atoms with Crippen LogP contribution in [-0.4, -0.2) is 52.9 Å². The van der Waals surface area contributed by atoms with Crippen LogP contribution in [0.3, 0.4) is 0 Å². The Bertz CT molecular complexity index is 734. The Morgan fingerprint density at radius 2 is 1.77 bits per heavy atom. The van der Waals surface area contributed by atoms with Gasteiger partial charge in [0.05, 0.1) is 0 Å². The van der Waals surface area contributed by atoms with Crippen LogP contribution in [0.2, 0.25) is 0 Å². The zero-order valence-electron chi connectivity index (χ0n) is 15.4. The second-order valence-electron chi connectivity index (χ2n) is 7.57. The summed E-state index contributed by atoms with van der Waals surface area (Å²) < 4.78 is 0. The van der Waals surface area contributed by atoms with Crippen LogP contribution in [-0.2, 0) is 0 Å². The lowest BCUT2D eigenvalue weighted by Crippen LogP contribution is -2.58. The number of fused-ring (bicyclic) bond motifs is 1. The maximum atomic E-state index is 13.2. The molecule has 0 unspecified atom stereocenters. The van der Waals surface area contributed by atoms with E-state index >= 15 is 0 Å². The molecule has 0 radical (unpaired) electrons. The molecular weight excluding hydrogens is 322 g/mol. The van der Waals surface area contributed by atoms with Gasteiger partial charge >= 0.3 is 0 Å². The highest BCUT2D eigenvalue weighted by atomic mass is 16.2. The van der Waals surface area contributed by atoms with E-state index in [1.165, 1.54) is 18.4 Å². The molecule has 0 spiro atoms. The maximum Gasteiger partial charge on any atom is 0.254 e. The lowest BCUT2D eigenvalue weighted by atomic mass is 9.79. The molecule has 4 heteroatoms. The molecule has 136 valence electrons. The van der Waals surface area contributed by atoms with Crippen LogP contribution in [0.15, 0.2) is 54.9 Å². The van der Waals surface area contributed by atoms with Crippen molar-refractivity contribution >= 4 is 5.91 Å². The highest BCUT2D eigenvalue weighted by Crippen LogP contribution is 2.38. The molecule has 2 aromatic rings. The summed E-state index contributed by atoms with van der Waals surface area (Å²) in [6.45, 7) is 1.94. The molecule has 2 aliphatic rings. The predicted octanol–water partition coefficient (Wildman–Crippen LogP) is 3.56. The highest BCUT2D eigenvalue weighted by Gasteiger charge is 2.43. The predicted molar refractivity (Wildman–Crippen MR) is 103 cm³/mol. The first-order valence-electron chi connectivity index (χ1n) is 9.72. The highest BCUT2D eigenvalue weighted by molar-refractivity contribution is 5.94. The summed E-state index contributed by atoms with van der Waals surface area (Å²) in [5, 5.41) is 0. The van der Waals surface area contributed by atoms with Gasteiger partial charge in [0.2, 0.25) is 0 Å². The number of hydrogen-bond acceptors (Lipinski definition) is 3. The van der Waals surface area contributed by atoms with Crippen molar-refractivity contribution in [3.8, 4) is 0 Å². The molecular formula is C22H27N3O. The molecule has 0 N–H and O–H groups in total. The first-order chi connectivity index (χ1) is 12.8. The molecule has 2 aliphatic heterocycles. The van der Waals surface area contributed by atoms with E-state index in [9.17, 15) is 4.79 Å². The number of likely N-dealkylation sites (tertiary alicyclic amines) is 2. The topological polar surface area (TPSA) is 36.4 Å². The number of aromatic nitrogens is 1. The number of benzene rings is 1. The van der Waals surface area contributed by atoms with Crippen molar-refractivity contribution in [2.45, 2.75) is 43.7 Å². The van der Waals surface area contributed by atoms with Crippen molar-refractivity contribution in [3.05, 3.63) is 66.0 Å². The molecule has 26 heavy (non-hydrogen) atoms. The zero-order valence-corrected chi connectivity index (χ0v) is 15.4. The first-order valence-corrected chi connectivity index (χ1v) is 9.72. The Morgan fingerprint density at radius 1 is 1.00 bits per heavy atom. The number of pyridine rings is 1. The van der Waals surface area contributed by atoms with Gasteiger partial charge in [0.15, 0.2) is 0 Å². The summed E-state index contributed by atoms with van der Waals surface area (Å²) in [6, 6.07) is 15.2. The number of likely N-dealkylation sites (N-methyl/N-ethyl adjacent to an activating group) is 1. The summed E-state index contributed by atoms with van der Waals surface area (Å²) in [4.78, 5) is 21.9. The lowest BCUT2D eigenvalue weighted by molar-refractivity contribution is 0.0318. The third-order valence-electron chi connectivity index (χ3n) is 6.07. The van der Waals surface area contributed by atoms with Crippen molar-refractivity contribution in [2.75, 3.05) is 20.1 Å². The lowest BCUT2D eigenvalue weighted by Gasteiger charge is -2.48. The number of piperidine rings is 1. The van der Waals surface area contributed by atoms with Gasteiger partial charge in [-0.2, -0.15) is 0 Å². The summed E-state index contributed by atoms with van der Waals surface area (Å²) in [6.07, 6.45) is 7.93. The number of nitrogens with zero attached hydrogens (tertiary/aromatic N) is 3. The van der Waals surface area contributed by atoms with E-state index in [2.05, 4.69) is 52.2 Å². The van der Waals surface area contributed by atoms with Crippen LogP contribution >= 0.6 is 0 Å². The number of amides is 1. The number of carbonyl (C=O) groups excluding carboxylic acids is 1. The molecule has 2 saturated heterocycles. The van der Waals surface area contributed by atoms with Gasteiger partial charge in [-0.15, -0.1) is 0 Å². The minimum absolute atomic E-state index is 0.157. The van der Waals surface area contributed by atoms with Gasteiger partial charge in [-0.05, 0) is 50.6 Å². The van der Waals surface area contributed by atoms with E-state index < -0.39 is 0 Å². The van der Waals surface area contributed by atoms with E-state index in [4.69, 9.17) is 0 Å². The quantitative estimate of drug-likeness (QED) is 0.832. The van der Waals surface area contributed by atoms with Crippen LogP contribution in [0.4, 0.5) is 0 Å². The van der Waals surface area contributed by atoms with Gasteiger partial charge in [0.25, 0.3) is 5.91 Å². The monoisotopic (exact) mass is 349 g/mol. The fourth-order valence-electron chi connectivity index (χ4n) is 4.84. The van der Waals surface area contributed by atoms with Gasteiger partial charge < -0.3 is 9.80 Å². The minimum atomic E-state index is 0.157. The van der Waals surface area contributed by atoms with Gasteiger partial charge in [0, 0.05) is 42.5 Å². The number of carbonyl (C=O) groups is 1. The van der Waals surface area contributed by atoms with Crippen molar-refractivity contribution < 1.29 is 4.79 Å². The molecule has 0 saturated carbocycles. The largest absolute Gasteiger partial charge is 0.334 e. The minimum Gasteiger partial charge on any atom is -0.334 e. The number of hydrogen-bond donors (Lipinski definition) is 0. The summed E-state index contributed by atoms with van der Waals surface area (Å²) in [5.74, 6) is 0.648. The van der Waals surface area contributed by atoms with Gasteiger partial charge in [-0.1, -0.05) is 36.8 Å². The average molecular weight is 349 g/mol. The Labute approximate surface area is 155 Å². The average Bonchev–Trinajstić information content (AvgIpc) is 2.90. The standard InChI is InChI=1S/C22H27N3O/c1-24-15-6-5-9-20-21(24)19(17-7-3-2-4-8-17)12-16-25(20)22(26)18-10-13-23-14-11-18/h2-4,7-8,10-11,13-14,19-21H,5-6,9,12,15-16H2,1H3/t19-,20-,21-/m1/s1. The molecule has 1 amide bonds. The number of rotatable bonds is 2. The van der Waals surface area contributed by atoms with Crippen LogP contribution in [0.5, 0.6) is 0 Å². The van der Waals surface area contributed by atoms with Gasteiger partial charge in [-0.25, -0.2) is 0 Å².